The summed E-state index contributed by atoms with van der Waals surface area (Å²) in [6.07, 6.45) is 3.36. The molecule has 4 heterocycles. The van der Waals surface area contributed by atoms with Gasteiger partial charge >= 0.3 is 0 Å². The van der Waals surface area contributed by atoms with Crippen LogP contribution in [-0.4, -0.2) is 22.3 Å². The van der Waals surface area contributed by atoms with Gasteiger partial charge in [0.1, 0.15) is 0 Å². The number of para-hydroxylation sites is 1. The number of H-pyrrole nitrogens is 1. The molecule has 1 aliphatic heterocycles. The second-order valence-electron chi connectivity index (χ2n) is 6.59. The second kappa shape index (κ2) is 6.41. The van der Waals surface area contributed by atoms with Crippen LogP contribution in [0.15, 0.2) is 59.4 Å². The number of hydrogen-bond acceptors (Lipinski definition) is 3. The van der Waals surface area contributed by atoms with Crippen LogP contribution >= 0.6 is 22.7 Å². The number of amides is 1. The van der Waals surface area contributed by atoms with Crippen molar-refractivity contribution in [1.82, 2.24) is 9.88 Å². The highest BCUT2D eigenvalue weighted by Gasteiger charge is 2.33. The first kappa shape index (κ1) is 15.9. The molecule has 1 atom stereocenters. The van der Waals surface area contributed by atoms with Crippen molar-refractivity contribution in [2.24, 2.45) is 0 Å². The molecule has 1 aliphatic rings. The van der Waals surface area contributed by atoms with E-state index in [0.717, 1.165) is 29.4 Å². The summed E-state index contributed by atoms with van der Waals surface area (Å²) in [6.45, 7) is 0.789. The van der Waals surface area contributed by atoms with Gasteiger partial charge < -0.3 is 9.88 Å². The number of nitrogens with one attached hydrogen (secondary N) is 1. The first-order valence-corrected chi connectivity index (χ1v) is 10.5. The number of hydrogen-bond donors (Lipinski definition) is 1. The Morgan fingerprint density at radius 1 is 1.12 bits per heavy atom. The van der Waals surface area contributed by atoms with E-state index < -0.39 is 0 Å². The van der Waals surface area contributed by atoms with Crippen LogP contribution < -0.4 is 0 Å². The summed E-state index contributed by atoms with van der Waals surface area (Å²) in [7, 11) is 0. The minimum atomic E-state index is 0.0581. The zero-order valence-corrected chi connectivity index (χ0v) is 15.8. The number of nitrogens with zero attached hydrogens (tertiary/aromatic N) is 1. The van der Waals surface area contributed by atoms with Crippen molar-refractivity contribution in [3.8, 4) is 0 Å². The van der Waals surface area contributed by atoms with Gasteiger partial charge in [0, 0.05) is 33.4 Å². The Labute approximate surface area is 159 Å². The van der Waals surface area contributed by atoms with Gasteiger partial charge in [0.15, 0.2) is 0 Å². The van der Waals surface area contributed by atoms with E-state index in [0.29, 0.717) is 6.42 Å². The zero-order chi connectivity index (χ0) is 17.5. The monoisotopic (exact) mass is 378 g/mol. The second-order valence-corrected chi connectivity index (χ2v) is 8.57. The third-order valence-corrected chi connectivity index (χ3v) is 7.04. The summed E-state index contributed by atoms with van der Waals surface area (Å²) in [4.78, 5) is 21.3. The fourth-order valence-electron chi connectivity index (χ4n) is 3.88. The quantitative estimate of drug-likeness (QED) is 0.535. The maximum Gasteiger partial charge on any atom is 0.227 e. The van der Waals surface area contributed by atoms with Gasteiger partial charge in [-0.05, 0) is 46.5 Å². The summed E-state index contributed by atoms with van der Waals surface area (Å²) >= 11 is 3.54. The molecule has 0 aliphatic carbocycles. The first-order chi connectivity index (χ1) is 12.8. The van der Waals surface area contributed by atoms with Gasteiger partial charge in [-0.1, -0.05) is 24.3 Å². The van der Waals surface area contributed by atoms with Crippen LogP contribution in [0.5, 0.6) is 0 Å². The Bertz CT molecular complexity index is 1060. The maximum absolute atomic E-state index is 13.3. The van der Waals surface area contributed by atoms with Crippen molar-refractivity contribution in [3.63, 3.8) is 0 Å². The lowest BCUT2D eigenvalue weighted by Gasteiger charge is -2.35. The molecule has 0 spiro atoms. The van der Waals surface area contributed by atoms with Crippen LogP contribution in [0.2, 0.25) is 0 Å². The number of benzene rings is 1. The molecule has 0 saturated heterocycles. The predicted molar refractivity (Wildman–Crippen MR) is 108 cm³/mol. The van der Waals surface area contributed by atoms with Crippen molar-refractivity contribution >= 4 is 39.5 Å². The molecule has 4 aromatic rings. The number of rotatable bonds is 3. The van der Waals surface area contributed by atoms with E-state index in [4.69, 9.17) is 0 Å². The molecule has 26 heavy (non-hydrogen) atoms. The van der Waals surface area contributed by atoms with Gasteiger partial charge in [0.2, 0.25) is 5.91 Å². The van der Waals surface area contributed by atoms with Crippen LogP contribution in [0.4, 0.5) is 0 Å². The van der Waals surface area contributed by atoms with E-state index in [1.54, 1.807) is 11.3 Å². The fraction of sp³-hybridized carbons (Fsp3) is 0.190. The van der Waals surface area contributed by atoms with E-state index in [2.05, 4.69) is 51.0 Å². The molecule has 0 bridgehead atoms. The average Bonchev–Trinajstić information content (AvgIpc) is 3.41. The highest BCUT2D eigenvalue weighted by atomic mass is 32.1. The number of aromatic amines is 1. The Morgan fingerprint density at radius 3 is 2.92 bits per heavy atom. The highest BCUT2D eigenvalue weighted by molar-refractivity contribution is 7.10. The largest absolute Gasteiger partial charge is 0.361 e. The van der Waals surface area contributed by atoms with E-state index in [9.17, 15) is 4.79 Å². The van der Waals surface area contributed by atoms with Gasteiger partial charge in [0.25, 0.3) is 0 Å². The SMILES string of the molecule is O=C(Cc1c[nH]c2ccccc12)N1CCc2sccc2[C@@H]1c1cccs1. The minimum Gasteiger partial charge on any atom is -0.361 e. The minimum absolute atomic E-state index is 0.0581. The van der Waals surface area contributed by atoms with Gasteiger partial charge in [-0.3, -0.25) is 4.79 Å². The smallest absolute Gasteiger partial charge is 0.227 e. The molecule has 5 heteroatoms. The maximum atomic E-state index is 13.3. The zero-order valence-electron chi connectivity index (χ0n) is 14.1. The molecule has 3 nitrogen and oxygen atoms in total. The van der Waals surface area contributed by atoms with E-state index in [-0.39, 0.29) is 11.9 Å². The van der Waals surface area contributed by atoms with Crippen molar-refractivity contribution in [2.75, 3.05) is 6.54 Å². The third-order valence-electron chi connectivity index (χ3n) is 5.12. The highest BCUT2D eigenvalue weighted by Crippen LogP contribution is 2.39. The number of carbonyl (C=O) groups excluding carboxylic acids is 1. The summed E-state index contributed by atoms with van der Waals surface area (Å²) in [5, 5.41) is 5.39. The van der Waals surface area contributed by atoms with Crippen LogP contribution in [0.3, 0.4) is 0 Å². The summed E-state index contributed by atoms with van der Waals surface area (Å²) < 4.78 is 0. The predicted octanol–water partition coefficient (Wildman–Crippen LogP) is 5.01. The van der Waals surface area contributed by atoms with Gasteiger partial charge in [-0.25, -0.2) is 0 Å². The van der Waals surface area contributed by atoms with Gasteiger partial charge in [-0.2, -0.15) is 0 Å². The molecule has 1 N–H and O–H groups in total. The standard InChI is InChI=1S/C21H18N2OS2/c24-20(12-14-13-22-17-5-2-1-4-15(14)17)23-9-7-18-16(8-11-26-18)21(23)19-6-3-10-25-19/h1-6,8,10-11,13,21-22H,7,9,12H2/t21-/m1/s1. The lowest BCUT2D eigenvalue weighted by Crippen LogP contribution is -2.40. The molecule has 0 fully saturated rings. The van der Waals surface area contributed by atoms with Crippen molar-refractivity contribution in [1.29, 1.82) is 0 Å². The molecule has 0 saturated carbocycles. The van der Waals surface area contributed by atoms with Crippen molar-refractivity contribution in [3.05, 3.63) is 80.3 Å². The Morgan fingerprint density at radius 2 is 2.04 bits per heavy atom. The van der Waals surface area contributed by atoms with Gasteiger partial charge in [0.05, 0.1) is 12.5 Å². The van der Waals surface area contributed by atoms with E-state index >= 15 is 0 Å². The molecule has 130 valence electrons. The Hall–Kier alpha value is -2.37. The summed E-state index contributed by atoms with van der Waals surface area (Å²) in [5.74, 6) is 0.199. The van der Waals surface area contributed by atoms with Crippen LogP contribution in [-0.2, 0) is 17.6 Å². The summed E-state index contributed by atoms with van der Waals surface area (Å²) in [6, 6.07) is 14.6. The van der Waals surface area contributed by atoms with Crippen LogP contribution in [0.25, 0.3) is 10.9 Å². The number of thiophene rings is 2. The molecular weight excluding hydrogens is 360 g/mol. The van der Waals surface area contributed by atoms with Crippen LogP contribution in [0, 0.1) is 0 Å². The van der Waals surface area contributed by atoms with Crippen molar-refractivity contribution < 1.29 is 4.79 Å². The van der Waals surface area contributed by atoms with Crippen LogP contribution in [0.1, 0.15) is 26.9 Å². The fourth-order valence-corrected chi connectivity index (χ4v) is 5.64. The molecule has 0 unspecified atom stereocenters. The Balaban J connectivity index is 1.49. The van der Waals surface area contributed by atoms with Gasteiger partial charge in [-0.15, -0.1) is 22.7 Å². The molecule has 0 radical (unpaired) electrons. The average molecular weight is 379 g/mol. The van der Waals surface area contributed by atoms with Crippen molar-refractivity contribution in [2.45, 2.75) is 18.9 Å². The number of fused-ring (bicyclic) bond motifs is 2. The third kappa shape index (κ3) is 2.59. The van der Waals surface area contributed by atoms with E-state index in [1.807, 2.05) is 29.7 Å². The topological polar surface area (TPSA) is 36.1 Å². The molecule has 5 rings (SSSR count). The molecule has 1 amide bonds. The number of aromatic nitrogens is 1. The summed E-state index contributed by atoms with van der Waals surface area (Å²) in [5.41, 5.74) is 3.46. The Kier molecular flexibility index (Phi) is 3.91. The van der Waals surface area contributed by atoms with E-state index in [1.165, 1.54) is 15.3 Å². The number of carbonyl (C=O) groups is 1. The molecular formula is C21H18N2OS2. The first-order valence-electron chi connectivity index (χ1n) is 8.75. The lowest BCUT2D eigenvalue weighted by molar-refractivity contribution is -0.132. The molecule has 1 aromatic carbocycles. The normalized spacial score (nSPS) is 16.8. The lowest BCUT2D eigenvalue weighted by atomic mass is 9.97. The molecule has 3 aromatic heterocycles.